The zero-order valence-corrected chi connectivity index (χ0v) is 5.57. The summed E-state index contributed by atoms with van der Waals surface area (Å²) in [5.74, 6) is 0.589. The smallest absolute Gasteiger partial charge is 0.159 e. The monoisotopic (exact) mass is 137 g/mol. The summed E-state index contributed by atoms with van der Waals surface area (Å²) in [4.78, 5) is 10.4. The third-order valence-electron chi connectivity index (χ3n) is 0.940. The summed E-state index contributed by atoms with van der Waals surface area (Å²) in [6.45, 7) is 1.48. The molecule has 0 amide bonds. The molecule has 0 aliphatic rings. The second-order valence-electron chi connectivity index (χ2n) is 1.86. The summed E-state index contributed by atoms with van der Waals surface area (Å²) in [5, 5.41) is 3.46. The average molecular weight is 137 g/mol. The molecule has 3 nitrogen and oxygen atoms in total. The fourth-order valence-electron chi connectivity index (χ4n) is 0.511. The van der Waals surface area contributed by atoms with E-state index in [1.165, 1.54) is 19.2 Å². The van der Waals surface area contributed by atoms with Crippen molar-refractivity contribution in [2.45, 2.75) is 6.92 Å². The number of hydrogen-bond acceptors (Lipinski definition) is 3. The molecule has 0 N–H and O–H groups in total. The Hall–Kier alpha value is -1.38. The molecule has 0 unspecified atom stereocenters. The minimum Gasteiger partial charge on any atom is -0.357 e. The minimum absolute atomic E-state index is 0.00333. The Bertz CT molecular complexity index is 236. The summed E-state index contributed by atoms with van der Waals surface area (Å²) in [5.41, 5.74) is 0. The Labute approximate surface area is 58.3 Å². The van der Waals surface area contributed by atoms with Crippen molar-refractivity contribution in [3.63, 3.8) is 0 Å². The average Bonchev–Trinajstić information content (AvgIpc) is 2.34. The molecule has 1 aromatic rings. The van der Waals surface area contributed by atoms with Crippen LogP contribution in [0.5, 0.6) is 0 Å². The molecule has 1 heterocycles. The molecule has 0 bridgehead atoms. The van der Waals surface area contributed by atoms with Gasteiger partial charge in [0, 0.05) is 6.07 Å². The fraction of sp³-hybridized carbons (Fsp3) is 0.143. The lowest BCUT2D eigenvalue weighted by atomic mass is 10.3. The van der Waals surface area contributed by atoms with Gasteiger partial charge in [-0.1, -0.05) is 5.16 Å². The molecule has 0 aliphatic carbocycles. The van der Waals surface area contributed by atoms with Crippen molar-refractivity contribution in [3.8, 4) is 0 Å². The second kappa shape index (κ2) is 2.96. The zero-order chi connectivity index (χ0) is 7.40. The first-order valence-electron chi connectivity index (χ1n) is 2.88. The Morgan fingerprint density at radius 2 is 2.60 bits per heavy atom. The Kier molecular flexibility index (Phi) is 1.99. The summed E-state index contributed by atoms with van der Waals surface area (Å²) in [7, 11) is 0. The lowest BCUT2D eigenvalue weighted by Crippen LogP contribution is -1.78. The van der Waals surface area contributed by atoms with E-state index in [0.29, 0.717) is 5.76 Å². The number of nitrogens with zero attached hydrogens (tertiary/aromatic N) is 1. The Morgan fingerprint density at radius 1 is 1.80 bits per heavy atom. The van der Waals surface area contributed by atoms with E-state index >= 15 is 0 Å². The maximum absolute atomic E-state index is 10.4. The van der Waals surface area contributed by atoms with Crippen molar-refractivity contribution < 1.29 is 9.32 Å². The van der Waals surface area contributed by atoms with Gasteiger partial charge in [-0.15, -0.1) is 0 Å². The van der Waals surface area contributed by atoms with Crippen LogP contribution in [-0.4, -0.2) is 10.9 Å². The molecule has 0 saturated heterocycles. The quantitative estimate of drug-likeness (QED) is 0.576. The van der Waals surface area contributed by atoms with E-state index in [-0.39, 0.29) is 5.78 Å². The van der Waals surface area contributed by atoms with E-state index < -0.39 is 0 Å². The second-order valence-corrected chi connectivity index (χ2v) is 1.86. The summed E-state index contributed by atoms with van der Waals surface area (Å²) >= 11 is 0. The van der Waals surface area contributed by atoms with Crippen molar-refractivity contribution in [3.05, 3.63) is 24.1 Å². The number of hydrogen-bond donors (Lipinski definition) is 0. The van der Waals surface area contributed by atoms with Gasteiger partial charge in [-0.2, -0.15) is 0 Å². The van der Waals surface area contributed by atoms with E-state index in [1.807, 2.05) is 0 Å². The first-order valence-corrected chi connectivity index (χ1v) is 2.88. The molecule has 0 radical (unpaired) electrons. The maximum atomic E-state index is 10.4. The van der Waals surface area contributed by atoms with Crippen LogP contribution in [0.15, 0.2) is 22.9 Å². The van der Waals surface area contributed by atoms with Gasteiger partial charge in [0.05, 0.1) is 6.20 Å². The van der Waals surface area contributed by atoms with Gasteiger partial charge < -0.3 is 4.52 Å². The fourth-order valence-corrected chi connectivity index (χ4v) is 0.511. The molecule has 0 fully saturated rings. The van der Waals surface area contributed by atoms with Gasteiger partial charge >= 0.3 is 0 Å². The normalized spacial score (nSPS) is 10.5. The van der Waals surface area contributed by atoms with Gasteiger partial charge in [0.1, 0.15) is 0 Å². The molecule has 52 valence electrons. The van der Waals surface area contributed by atoms with Crippen molar-refractivity contribution in [1.29, 1.82) is 0 Å². The minimum atomic E-state index is -0.00333. The predicted octanol–water partition coefficient (Wildman–Crippen LogP) is 1.28. The van der Waals surface area contributed by atoms with Crippen molar-refractivity contribution in [1.82, 2.24) is 5.16 Å². The molecule has 10 heavy (non-hydrogen) atoms. The van der Waals surface area contributed by atoms with Crippen LogP contribution in [-0.2, 0) is 4.79 Å². The highest BCUT2D eigenvalue weighted by Gasteiger charge is 1.88. The van der Waals surface area contributed by atoms with Crippen LogP contribution in [0.1, 0.15) is 12.7 Å². The van der Waals surface area contributed by atoms with E-state index in [4.69, 9.17) is 4.52 Å². The molecule has 1 aromatic heterocycles. The molecule has 0 saturated carbocycles. The predicted molar refractivity (Wildman–Crippen MR) is 36.2 cm³/mol. The summed E-state index contributed by atoms with van der Waals surface area (Å²) in [6.07, 6.45) is 4.54. The maximum Gasteiger partial charge on any atom is 0.159 e. The van der Waals surface area contributed by atoms with Crippen LogP contribution in [0.4, 0.5) is 0 Å². The molecule has 0 spiro atoms. The number of ketones is 1. The van der Waals surface area contributed by atoms with E-state index in [1.54, 1.807) is 12.1 Å². The highest BCUT2D eigenvalue weighted by atomic mass is 16.5. The van der Waals surface area contributed by atoms with Crippen LogP contribution >= 0.6 is 0 Å². The van der Waals surface area contributed by atoms with Crippen molar-refractivity contribution in [2.24, 2.45) is 0 Å². The van der Waals surface area contributed by atoms with E-state index in [2.05, 4.69) is 5.16 Å². The lowest BCUT2D eigenvalue weighted by molar-refractivity contribution is -0.112. The zero-order valence-electron chi connectivity index (χ0n) is 5.57. The van der Waals surface area contributed by atoms with Crippen molar-refractivity contribution >= 4 is 11.9 Å². The highest BCUT2D eigenvalue weighted by Crippen LogP contribution is 1.98. The van der Waals surface area contributed by atoms with Crippen LogP contribution in [0.3, 0.4) is 0 Å². The van der Waals surface area contributed by atoms with Gasteiger partial charge in [0.15, 0.2) is 11.5 Å². The number of carbonyl (C=O) groups excluding carboxylic acids is 1. The van der Waals surface area contributed by atoms with Crippen LogP contribution in [0.25, 0.3) is 6.08 Å². The highest BCUT2D eigenvalue weighted by molar-refractivity contribution is 5.91. The van der Waals surface area contributed by atoms with Gasteiger partial charge in [-0.05, 0) is 19.1 Å². The topological polar surface area (TPSA) is 43.1 Å². The molecule has 0 aliphatic heterocycles. The number of allylic oxidation sites excluding steroid dienone is 1. The number of rotatable bonds is 2. The van der Waals surface area contributed by atoms with Crippen molar-refractivity contribution in [2.75, 3.05) is 0 Å². The van der Waals surface area contributed by atoms with E-state index in [9.17, 15) is 4.79 Å². The van der Waals surface area contributed by atoms with E-state index in [0.717, 1.165) is 0 Å². The first-order chi connectivity index (χ1) is 4.79. The van der Waals surface area contributed by atoms with Gasteiger partial charge in [-0.25, -0.2) is 0 Å². The Morgan fingerprint density at radius 3 is 3.10 bits per heavy atom. The van der Waals surface area contributed by atoms with Gasteiger partial charge in [0.2, 0.25) is 0 Å². The molecule has 3 heteroatoms. The SMILES string of the molecule is CC(=O)/C=C/c1ccno1. The molecule has 0 aromatic carbocycles. The first kappa shape index (κ1) is 6.74. The largest absolute Gasteiger partial charge is 0.357 e. The third kappa shape index (κ3) is 1.85. The number of carbonyl (C=O) groups is 1. The van der Waals surface area contributed by atoms with Gasteiger partial charge in [0.25, 0.3) is 0 Å². The molecule has 1 rings (SSSR count). The number of aromatic nitrogens is 1. The van der Waals surface area contributed by atoms with Crippen LogP contribution in [0.2, 0.25) is 0 Å². The lowest BCUT2D eigenvalue weighted by Gasteiger charge is -1.77. The molecular weight excluding hydrogens is 130 g/mol. The van der Waals surface area contributed by atoms with Crippen LogP contribution in [0, 0.1) is 0 Å². The summed E-state index contributed by atoms with van der Waals surface area (Å²) in [6, 6.07) is 1.68. The third-order valence-corrected chi connectivity index (χ3v) is 0.940. The summed E-state index contributed by atoms with van der Waals surface area (Å²) < 4.78 is 4.69. The molecular formula is C7H7NO2. The molecule has 0 atom stereocenters. The van der Waals surface area contributed by atoms with Crippen LogP contribution < -0.4 is 0 Å². The Balaban J connectivity index is 2.64. The van der Waals surface area contributed by atoms with Gasteiger partial charge in [-0.3, -0.25) is 4.79 Å². The standard InChI is InChI=1S/C7H7NO2/c1-6(9)2-3-7-4-5-8-10-7/h2-5H,1H3/b3-2+.